The first-order chi connectivity index (χ1) is 8.34. The van der Waals surface area contributed by atoms with E-state index < -0.39 is 10.0 Å². The molecule has 104 valence electrons. The fraction of sp³-hybridized carbons (Fsp3) is 0.667. The second-order valence-electron chi connectivity index (χ2n) is 4.64. The molecule has 1 heterocycles. The Morgan fingerprint density at radius 3 is 2.56 bits per heavy atom. The van der Waals surface area contributed by atoms with Gasteiger partial charge in [-0.15, -0.1) is 0 Å². The minimum atomic E-state index is -3.42. The maximum atomic E-state index is 12.4. The topological polar surface area (TPSA) is 68.3 Å². The van der Waals surface area contributed by atoms with E-state index in [1.54, 1.807) is 30.9 Å². The predicted molar refractivity (Wildman–Crippen MR) is 72.6 cm³/mol. The molecule has 18 heavy (non-hydrogen) atoms. The molecule has 0 saturated heterocycles. The van der Waals surface area contributed by atoms with Crippen molar-refractivity contribution in [3.8, 4) is 0 Å². The van der Waals surface area contributed by atoms with Gasteiger partial charge in [-0.1, -0.05) is 13.3 Å². The molecule has 1 aromatic rings. The van der Waals surface area contributed by atoms with Crippen molar-refractivity contribution >= 4 is 10.0 Å². The number of aromatic nitrogens is 1. The van der Waals surface area contributed by atoms with Crippen LogP contribution in [0.25, 0.3) is 0 Å². The fourth-order valence-corrected chi connectivity index (χ4v) is 3.41. The van der Waals surface area contributed by atoms with E-state index in [2.05, 4.69) is 0 Å². The van der Waals surface area contributed by atoms with Gasteiger partial charge in [0.15, 0.2) is 0 Å². The third-order valence-electron chi connectivity index (χ3n) is 3.30. The first-order valence-corrected chi connectivity index (χ1v) is 7.62. The molecule has 0 amide bonds. The molecule has 0 fully saturated rings. The van der Waals surface area contributed by atoms with Crippen LogP contribution >= 0.6 is 0 Å². The van der Waals surface area contributed by atoms with Crippen LogP contribution in [0.2, 0.25) is 0 Å². The van der Waals surface area contributed by atoms with Crippen LogP contribution in [0, 0.1) is 0 Å². The van der Waals surface area contributed by atoms with E-state index >= 15 is 0 Å². The summed E-state index contributed by atoms with van der Waals surface area (Å²) < 4.78 is 28.0. The van der Waals surface area contributed by atoms with Gasteiger partial charge < -0.3 is 10.3 Å². The molecule has 0 radical (unpaired) electrons. The second kappa shape index (κ2) is 5.86. The summed E-state index contributed by atoms with van der Waals surface area (Å²) in [7, 11) is 0.0168. The van der Waals surface area contributed by atoms with Crippen LogP contribution in [-0.2, 0) is 23.6 Å². The van der Waals surface area contributed by atoms with E-state index in [1.807, 2.05) is 13.8 Å². The first kappa shape index (κ1) is 15.2. The summed E-state index contributed by atoms with van der Waals surface area (Å²) >= 11 is 0. The Hall–Kier alpha value is -0.850. The highest BCUT2D eigenvalue weighted by Crippen LogP contribution is 2.20. The molecule has 0 aliphatic heterocycles. The van der Waals surface area contributed by atoms with Crippen LogP contribution in [0.4, 0.5) is 0 Å². The lowest BCUT2D eigenvalue weighted by Crippen LogP contribution is -2.34. The van der Waals surface area contributed by atoms with Gasteiger partial charge in [0.25, 0.3) is 0 Å². The summed E-state index contributed by atoms with van der Waals surface area (Å²) in [5.41, 5.74) is 6.37. The smallest absolute Gasteiger partial charge is 0.244 e. The predicted octanol–water partition coefficient (Wildman–Crippen LogP) is 1.29. The van der Waals surface area contributed by atoms with E-state index in [4.69, 9.17) is 5.73 Å². The third-order valence-corrected chi connectivity index (χ3v) is 5.23. The molecule has 1 atom stereocenters. The molecule has 0 spiro atoms. The maximum Gasteiger partial charge on any atom is 0.244 e. The number of sulfonamides is 1. The molecular formula is C12H23N3O2S. The zero-order valence-corrected chi connectivity index (χ0v) is 12.4. The SMILES string of the molecule is CCCC(C)N(C)S(=O)(=O)c1cc(CN)n(C)c1. The summed E-state index contributed by atoms with van der Waals surface area (Å²) in [5.74, 6) is 0. The molecule has 0 saturated carbocycles. The number of nitrogens with two attached hydrogens (primary N) is 1. The van der Waals surface area contributed by atoms with Crippen LogP contribution in [-0.4, -0.2) is 30.4 Å². The standard InChI is InChI=1S/C12H23N3O2S/c1-5-6-10(2)15(4)18(16,17)12-7-11(8-13)14(3)9-12/h7,9-10H,5-6,8,13H2,1-4H3. The van der Waals surface area contributed by atoms with Crippen molar-refractivity contribution in [3.05, 3.63) is 18.0 Å². The quantitative estimate of drug-likeness (QED) is 0.849. The molecule has 1 unspecified atom stereocenters. The molecule has 1 rings (SSSR count). The van der Waals surface area contributed by atoms with Crippen molar-refractivity contribution in [3.63, 3.8) is 0 Å². The number of aryl methyl sites for hydroxylation is 1. The molecule has 0 aromatic carbocycles. The molecule has 0 aliphatic rings. The average molecular weight is 273 g/mol. The summed E-state index contributed by atoms with van der Waals surface area (Å²) in [6, 6.07) is 1.64. The molecule has 6 heteroatoms. The zero-order valence-electron chi connectivity index (χ0n) is 11.5. The van der Waals surface area contributed by atoms with Gasteiger partial charge in [-0.2, -0.15) is 4.31 Å². The van der Waals surface area contributed by atoms with Crippen LogP contribution in [0.5, 0.6) is 0 Å². The van der Waals surface area contributed by atoms with Crippen molar-refractivity contribution in [1.29, 1.82) is 0 Å². The van der Waals surface area contributed by atoms with Gasteiger partial charge >= 0.3 is 0 Å². The van der Waals surface area contributed by atoms with Gasteiger partial charge in [0.1, 0.15) is 4.90 Å². The van der Waals surface area contributed by atoms with Gasteiger partial charge in [-0.05, 0) is 19.4 Å². The van der Waals surface area contributed by atoms with Crippen LogP contribution in [0.15, 0.2) is 17.2 Å². The lowest BCUT2D eigenvalue weighted by atomic mass is 10.2. The van der Waals surface area contributed by atoms with Gasteiger partial charge in [0.05, 0.1) is 0 Å². The molecular weight excluding hydrogens is 250 g/mol. The lowest BCUT2D eigenvalue weighted by molar-refractivity contribution is 0.368. The Kier molecular flexibility index (Phi) is 4.95. The van der Waals surface area contributed by atoms with E-state index in [0.717, 1.165) is 18.5 Å². The number of nitrogens with zero attached hydrogens (tertiary/aromatic N) is 2. The highest BCUT2D eigenvalue weighted by molar-refractivity contribution is 7.89. The van der Waals surface area contributed by atoms with E-state index in [0.29, 0.717) is 11.4 Å². The van der Waals surface area contributed by atoms with Crippen molar-refractivity contribution in [2.45, 2.75) is 44.2 Å². The lowest BCUT2D eigenvalue weighted by Gasteiger charge is -2.23. The number of rotatable bonds is 6. The molecule has 1 aromatic heterocycles. The highest BCUT2D eigenvalue weighted by atomic mass is 32.2. The van der Waals surface area contributed by atoms with Crippen molar-refractivity contribution < 1.29 is 8.42 Å². The third kappa shape index (κ3) is 2.93. The van der Waals surface area contributed by atoms with Crippen molar-refractivity contribution in [2.75, 3.05) is 7.05 Å². The Morgan fingerprint density at radius 2 is 2.11 bits per heavy atom. The summed E-state index contributed by atoms with van der Waals surface area (Å²) in [6.45, 7) is 4.31. The van der Waals surface area contributed by atoms with Crippen LogP contribution in [0.1, 0.15) is 32.4 Å². The van der Waals surface area contributed by atoms with Crippen molar-refractivity contribution in [2.24, 2.45) is 12.8 Å². The zero-order chi connectivity index (χ0) is 13.9. The molecule has 5 nitrogen and oxygen atoms in total. The van der Waals surface area contributed by atoms with E-state index in [1.165, 1.54) is 4.31 Å². The van der Waals surface area contributed by atoms with Gasteiger partial charge in [-0.3, -0.25) is 0 Å². The second-order valence-corrected chi connectivity index (χ2v) is 6.64. The number of hydrogen-bond acceptors (Lipinski definition) is 3. The molecule has 0 aliphatic carbocycles. The summed E-state index contributed by atoms with van der Waals surface area (Å²) in [4.78, 5) is 0.316. The van der Waals surface area contributed by atoms with Gasteiger partial charge in [0.2, 0.25) is 10.0 Å². The van der Waals surface area contributed by atoms with E-state index in [-0.39, 0.29) is 6.04 Å². The van der Waals surface area contributed by atoms with Crippen LogP contribution < -0.4 is 5.73 Å². The Labute approximate surface area is 110 Å². The first-order valence-electron chi connectivity index (χ1n) is 6.17. The average Bonchev–Trinajstić information content (AvgIpc) is 2.70. The monoisotopic (exact) mass is 273 g/mol. The Bertz CT molecular complexity index is 493. The largest absolute Gasteiger partial charge is 0.352 e. The van der Waals surface area contributed by atoms with Crippen molar-refractivity contribution in [1.82, 2.24) is 8.87 Å². The molecule has 2 N–H and O–H groups in total. The van der Waals surface area contributed by atoms with Gasteiger partial charge in [-0.25, -0.2) is 8.42 Å². The van der Waals surface area contributed by atoms with E-state index in [9.17, 15) is 8.42 Å². The summed E-state index contributed by atoms with van der Waals surface area (Å²) in [5, 5.41) is 0. The Balaban J connectivity index is 3.05. The minimum absolute atomic E-state index is 0.00142. The minimum Gasteiger partial charge on any atom is -0.352 e. The number of hydrogen-bond donors (Lipinski definition) is 1. The normalized spacial score (nSPS) is 14.1. The van der Waals surface area contributed by atoms with Crippen LogP contribution in [0.3, 0.4) is 0 Å². The maximum absolute atomic E-state index is 12.4. The summed E-state index contributed by atoms with van der Waals surface area (Å²) in [6.07, 6.45) is 3.43. The fourth-order valence-electron chi connectivity index (χ4n) is 1.92. The van der Waals surface area contributed by atoms with Gasteiger partial charge in [0, 0.05) is 38.6 Å². The highest BCUT2D eigenvalue weighted by Gasteiger charge is 2.26. The Morgan fingerprint density at radius 1 is 1.50 bits per heavy atom. The molecule has 0 bridgehead atoms.